The zero-order valence-corrected chi connectivity index (χ0v) is 17.8. The molecule has 0 bridgehead atoms. The van der Waals surface area contributed by atoms with Crippen molar-refractivity contribution in [1.82, 2.24) is 19.9 Å². The highest BCUT2D eigenvalue weighted by atomic mass is 19.1. The number of hydrogen-bond acceptors (Lipinski definition) is 5. The number of aryl methyl sites for hydroxylation is 1. The predicted molar refractivity (Wildman–Crippen MR) is 124 cm³/mol. The quantitative estimate of drug-likeness (QED) is 0.366. The van der Waals surface area contributed by atoms with Gasteiger partial charge in [-0.3, -0.25) is 9.97 Å². The third kappa shape index (κ3) is 4.39. The van der Waals surface area contributed by atoms with Crippen LogP contribution < -0.4 is 5.32 Å². The minimum Gasteiger partial charge on any atom is -0.364 e. The molecule has 33 heavy (non-hydrogen) atoms. The van der Waals surface area contributed by atoms with E-state index in [1.54, 1.807) is 24.5 Å². The van der Waals surface area contributed by atoms with E-state index in [9.17, 15) is 8.78 Å². The molecular weight excluding hydrogens is 420 g/mol. The van der Waals surface area contributed by atoms with Gasteiger partial charge in [0.1, 0.15) is 17.5 Å². The summed E-state index contributed by atoms with van der Waals surface area (Å²) in [5.41, 5.74) is 3.87. The van der Waals surface area contributed by atoms with E-state index < -0.39 is 11.6 Å². The average molecular weight is 439 g/mol. The molecule has 0 amide bonds. The summed E-state index contributed by atoms with van der Waals surface area (Å²) >= 11 is 0. The van der Waals surface area contributed by atoms with Crippen LogP contribution in [-0.4, -0.2) is 19.9 Å². The molecule has 0 aliphatic rings. The maximum absolute atomic E-state index is 14.4. The molecule has 7 heteroatoms. The molecule has 0 atom stereocenters. The Bertz CT molecular complexity index is 1450. The largest absolute Gasteiger partial charge is 0.364 e. The summed E-state index contributed by atoms with van der Waals surface area (Å²) in [5, 5.41) is 4.11. The zero-order valence-electron chi connectivity index (χ0n) is 17.8. The van der Waals surface area contributed by atoms with Gasteiger partial charge < -0.3 is 5.32 Å². The fourth-order valence-corrected chi connectivity index (χ4v) is 3.65. The van der Waals surface area contributed by atoms with Crippen LogP contribution in [0, 0.1) is 18.6 Å². The Morgan fingerprint density at radius 1 is 0.848 bits per heavy atom. The second-order valence-electron chi connectivity index (χ2n) is 7.62. The number of benzene rings is 2. The van der Waals surface area contributed by atoms with E-state index >= 15 is 0 Å². The molecular formula is C26H19F2N5. The summed E-state index contributed by atoms with van der Waals surface area (Å²) in [6.07, 6.45) is 3.36. The Morgan fingerprint density at radius 3 is 2.58 bits per heavy atom. The maximum Gasteiger partial charge on any atom is 0.163 e. The molecule has 162 valence electrons. The Kier molecular flexibility index (Phi) is 5.44. The van der Waals surface area contributed by atoms with Crippen LogP contribution in [-0.2, 0) is 6.54 Å². The number of nitrogens with zero attached hydrogens (tertiary/aromatic N) is 4. The second kappa shape index (κ2) is 8.70. The number of fused-ring (bicyclic) bond motifs is 1. The van der Waals surface area contributed by atoms with E-state index in [0.717, 1.165) is 34.5 Å². The molecule has 0 unspecified atom stereocenters. The topological polar surface area (TPSA) is 63.6 Å². The smallest absolute Gasteiger partial charge is 0.163 e. The first-order valence-corrected chi connectivity index (χ1v) is 10.4. The maximum atomic E-state index is 14.4. The van der Waals surface area contributed by atoms with Crippen molar-refractivity contribution in [3.8, 4) is 22.5 Å². The fraction of sp³-hybridized carbons (Fsp3) is 0.0769. The van der Waals surface area contributed by atoms with Gasteiger partial charge in [-0.2, -0.15) is 0 Å². The Hall–Kier alpha value is -4.26. The number of rotatable bonds is 5. The lowest BCUT2D eigenvalue weighted by Crippen LogP contribution is -2.06. The highest BCUT2D eigenvalue weighted by molar-refractivity contribution is 5.93. The molecule has 3 aromatic heterocycles. The summed E-state index contributed by atoms with van der Waals surface area (Å²) in [5.74, 6) is 0.0972. The average Bonchev–Trinajstić information content (AvgIpc) is 2.84. The van der Waals surface area contributed by atoms with Crippen molar-refractivity contribution in [2.24, 2.45) is 0 Å². The van der Waals surface area contributed by atoms with Gasteiger partial charge in [-0.15, -0.1) is 0 Å². The van der Waals surface area contributed by atoms with E-state index in [0.29, 0.717) is 29.3 Å². The molecule has 0 spiro atoms. The zero-order chi connectivity index (χ0) is 22.8. The lowest BCUT2D eigenvalue weighted by Gasteiger charge is -2.12. The van der Waals surface area contributed by atoms with Crippen LogP contribution in [0.4, 0.5) is 14.6 Å². The molecule has 2 aromatic carbocycles. The first kappa shape index (κ1) is 20.6. The van der Waals surface area contributed by atoms with E-state index in [2.05, 4.69) is 15.3 Å². The summed E-state index contributed by atoms with van der Waals surface area (Å²) in [4.78, 5) is 18.1. The van der Waals surface area contributed by atoms with Crippen molar-refractivity contribution in [3.63, 3.8) is 0 Å². The summed E-state index contributed by atoms with van der Waals surface area (Å²) < 4.78 is 28.2. The van der Waals surface area contributed by atoms with Crippen LogP contribution >= 0.6 is 0 Å². The summed E-state index contributed by atoms with van der Waals surface area (Å²) in [6.45, 7) is 2.41. The Labute approximate surface area is 189 Å². The van der Waals surface area contributed by atoms with Crippen molar-refractivity contribution >= 4 is 16.7 Å². The predicted octanol–water partition coefficient (Wildman–Crippen LogP) is 5.95. The van der Waals surface area contributed by atoms with Gasteiger partial charge in [0.05, 0.1) is 17.8 Å². The van der Waals surface area contributed by atoms with Crippen molar-refractivity contribution in [3.05, 3.63) is 102 Å². The highest BCUT2D eigenvalue weighted by Crippen LogP contribution is 2.31. The summed E-state index contributed by atoms with van der Waals surface area (Å²) in [6, 6.07) is 18.2. The van der Waals surface area contributed by atoms with Gasteiger partial charge in [-0.25, -0.2) is 18.7 Å². The molecule has 1 N–H and O–H groups in total. The number of nitrogens with one attached hydrogen (secondary N) is 1. The Morgan fingerprint density at radius 2 is 1.76 bits per heavy atom. The minimum atomic E-state index is -0.502. The molecule has 3 heterocycles. The van der Waals surface area contributed by atoms with Crippen LogP contribution in [0.2, 0.25) is 0 Å². The Balaban J connectivity index is 1.62. The number of anilines is 1. The monoisotopic (exact) mass is 439 g/mol. The van der Waals surface area contributed by atoms with E-state index in [1.165, 1.54) is 6.07 Å². The van der Waals surface area contributed by atoms with Crippen LogP contribution in [0.25, 0.3) is 33.4 Å². The van der Waals surface area contributed by atoms with Gasteiger partial charge in [0.15, 0.2) is 5.82 Å². The van der Waals surface area contributed by atoms with Crippen LogP contribution in [0.3, 0.4) is 0 Å². The lowest BCUT2D eigenvalue weighted by atomic mass is 10.0. The third-order valence-corrected chi connectivity index (χ3v) is 5.24. The lowest BCUT2D eigenvalue weighted by molar-refractivity contribution is 0.603. The molecule has 0 aliphatic heterocycles. The van der Waals surface area contributed by atoms with Crippen molar-refractivity contribution in [1.29, 1.82) is 0 Å². The van der Waals surface area contributed by atoms with Crippen LogP contribution in [0.5, 0.6) is 0 Å². The standard InChI is InChI=1S/C26H19F2N5/c1-16-4-2-6-20(31-16)15-30-26-21-9-7-17(22-13-19(27)8-10-23(22)28)12-24(21)32-25(33-26)18-5-3-11-29-14-18/h2-14H,15H2,1H3,(H,30,32,33). The molecule has 5 aromatic rings. The highest BCUT2D eigenvalue weighted by Gasteiger charge is 2.13. The van der Waals surface area contributed by atoms with Gasteiger partial charge >= 0.3 is 0 Å². The van der Waals surface area contributed by atoms with E-state index in [-0.39, 0.29) is 5.56 Å². The van der Waals surface area contributed by atoms with Crippen molar-refractivity contribution < 1.29 is 8.78 Å². The van der Waals surface area contributed by atoms with Gasteiger partial charge in [0.25, 0.3) is 0 Å². The van der Waals surface area contributed by atoms with Crippen molar-refractivity contribution in [2.45, 2.75) is 13.5 Å². The van der Waals surface area contributed by atoms with Crippen molar-refractivity contribution in [2.75, 3.05) is 5.32 Å². The normalized spacial score (nSPS) is 11.0. The molecule has 5 rings (SSSR count). The molecule has 5 nitrogen and oxygen atoms in total. The molecule has 0 radical (unpaired) electrons. The van der Waals surface area contributed by atoms with Gasteiger partial charge in [0, 0.05) is 34.6 Å². The molecule has 0 saturated heterocycles. The van der Waals surface area contributed by atoms with Crippen LogP contribution in [0.1, 0.15) is 11.4 Å². The molecule has 0 saturated carbocycles. The SMILES string of the molecule is Cc1cccc(CNc2nc(-c3cccnc3)nc3cc(-c4cc(F)ccc4F)ccc23)n1. The third-order valence-electron chi connectivity index (χ3n) is 5.24. The second-order valence-corrected chi connectivity index (χ2v) is 7.62. The van der Waals surface area contributed by atoms with Gasteiger partial charge in [0.2, 0.25) is 0 Å². The number of halogens is 2. The van der Waals surface area contributed by atoms with Gasteiger partial charge in [-0.05, 0) is 67.1 Å². The molecule has 0 fully saturated rings. The van der Waals surface area contributed by atoms with E-state index in [1.807, 2.05) is 43.3 Å². The fourth-order valence-electron chi connectivity index (χ4n) is 3.65. The number of hydrogen-bond donors (Lipinski definition) is 1. The number of aromatic nitrogens is 4. The molecule has 0 aliphatic carbocycles. The van der Waals surface area contributed by atoms with Gasteiger partial charge in [-0.1, -0.05) is 12.1 Å². The van der Waals surface area contributed by atoms with E-state index in [4.69, 9.17) is 9.97 Å². The summed E-state index contributed by atoms with van der Waals surface area (Å²) in [7, 11) is 0. The first-order valence-electron chi connectivity index (χ1n) is 10.4. The first-order chi connectivity index (χ1) is 16.1. The number of pyridine rings is 2. The van der Waals surface area contributed by atoms with Crippen LogP contribution in [0.15, 0.2) is 79.1 Å². The minimum absolute atomic E-state index is 0.178.